The Morgan fingerprint density at radius 1 is 1.45 bits per heavy atom. The van der Waals surface area contributed by atoms with E-state index >= 15 is 0 Å². The molecule has 2 saturated heterocycles. The van der Waals surface area contributed by atoms with Crippen LogP contribution < -0.4 is 0 Å². The molecule has 2 aromatic heterocycles. The lowest BCUT2D eigenvalue weighted by Crippen LogP contribution is -2.42. The summed E-state index contributed by atoms with van der Waals surface area (Å²) in [5, 5.41) is 16.9. The summed E-state index contributed by atoms with van der Waals surface area (Å²) in [5.74, 6) is 0.568. The highest BCUT2D eigenvalue weighted by atomic mass is 32.1. The van der Waals surface area contributed by atoms with Crippen LogP contribution in [0.4, 0.5) is 0 Å². The first-order valence-corrected chi connectivity index (χ1v) is 8.60. The fourth-order valence-corrected chi connectivity index (χ4v) is 4.80. The van der Waals surface area contributed by atoms with Gasteiger partial charge < -0.3 is 9.84 Å². The van der Waals surface area contributed by atoms with E-state index in [1.807, 2.05) is 17.4 Å². The van der Waals surface area contributed by atoms with E-state index in [1.54, 1.807) is 6.20 Å². The van der Waals surface area contributed by atoms with Crippen molar-refractivity contribution in [2.45, 2.75) is 13.0 Å². The molecule has 6 heteroatoms. The lowest BCUT2D eigenvalue weighted by molar-refractivity contribution is -0.0561. The molecule has 2 N–H and O–H groups in total. The van der Waals surface area contributed by atoms with Gasteiger partial charge in [-0.25, -0.2) is 0 Å². The molecule has 118 valence electrons. The molecule has 0 bridgehead atoms. The van der Waals surface area contributed by atoms with Crippen molar-refractivity contribution >= 4 is 11.3 Å². The zero-order chi connectivity index (χ0) is 15.0. The van der Waals surface area contributed by atoms with Crippen molar-refractivity contribution in [3.63, 3.8) is 0 Å². The first-order valence-electron chi connectivity index (χ1n) is 7.78. The third-order valence-corrected chi connectivity index (χ3v) is 6.11. The Labute approximate surface area is 133 Å². The maximum absolute atomic E-state index is 9.85. The van der Waals surface area contributed by atoms with Crippen LogP contribution in [0.5, 0.6) is 0 Å². The molecule has 0 aliphatic carbocycles. The van der Waals surface area contributed by atoms with Crippen LogP contribution in [0, 0.1) is 11.3 Å². The molecule has 0 spiro atoms. The van der Waals surface area contributed by atoms with Crippen molar-refractivity contribution in [3.05, 3.63) is 29.3 Å². The Hall–Kier alpha value is -1.21. The summed E-state index contributed by atoms with van der Waals surface area (Å²) < 4.78 is 5.63. The normalized spacial score (nSPS) is 28.9. The number of H-pyrrole nitrogens is 1. The number of nitrogens with zero attached hydrogens (tertiary/aromatic N) is 2. The number of rotatable bonds is 4. The Kier molecular flexibility index (Phi) is 3.78. The first-order chi connectivity index (χ1) is 10.8. The van der Waals surface area contributed by atoms with Crippen molar-refractivity contribution in [3.8, 4) is 10.6 Å². The molecule has 4 rings (SSSR count). The number of hydrogen-bond acceptors (Lipinski definition) is 5. The number of aromatic nitrogens is 2. The van der Waals surface area contributed by atoms with E-state index in [1.165, 1.54) is 9.75 Å². The van der Waals surface area contributed by atoms with Crippen molar-refractivity contribution < 1.29 is 9.84 Å². The van der Waals surface area contributed by atoms with Gasteiger partial charge in [-0.2, -0.15) is 5.10 Å². The van der Waals surface area contributed by atoms with Gasteiger partial charge in [0, 0.05) is 42.7 Å². The molecular formula is C16H21N3O2S. The number of nitrogens with one attached hydrogen (secondary N) is 1. The highest BCUT2D eigenvalue weighted by molar-refractivity contribution is 7.15. The molecule has 2 aromatic rings. The minimum Gasteiger partial charge on any atom is -0.396 e. The number of aromatic amines is 1. The third kappa shape index (κ3) is 2.50. The Morgan fingerprint density at radius 2 is 2.41 bits per heavy atom. The van der Waals surface area contributed by atoms with E-state index in [-0.39, 0.29) is 12.0 Å². The molecule has 22 heavy (non-hydrogen) atoms. The average molecular weight is 319 g/mol. The number of aliphatic hydroxyl groups excluding tert-OH is 1. The molecular weight excluding hydrogens is 298 g/mol. The molecule has 0 amide bonds. The average Bonchev–Trinajstić information content (AvgIpc) is 3.26. The summed E-state index contributed by atoms with van der Waals surface area (Å²) >= 11 is 1.81. The van der Waals surface area contributed by atoms with Gasteiger partial charge in [-0.05, 0) is 30.5 Å². The van der Waals surface area contributed by atoms with Crippen molar-refractivity contribution in [1.29, 1.82) is 0 Å². The quantitative estimate of drug-likeness (QED) is 0.904. The molecule has 0 unspecified atom stereocenters. The van der Waals surface area contributed by atoms with E-state index in [4.69, 9.17) is 4.74 Å². The molecule has 0 radical (unpaired) electrons. The summed E-state index contributed by atoms with van der Waals surface area (Å²) in [4.78, 5) is 5.06. The van der Waals surface area contributed by atoms with E-state index < -0.39 is 0 Å². The molecule has 2 atom stereocenters. The summed E-state index contributed by atoms with van der Waals surface area (Å²) in [6.07, 6.45) is 2.85. The SMILES string of the molecule is OC[C@]12COCC[C@H]1CN(Cc1ccc(-c3ccn[nH]3)s1)C2. The lowest BCUT2D eigenvalue weighted by atomic mass is 9.76. The molecule has 5 nitrogen and oxygen atoms in total. The Bertz CT molecular complexity index is 627. The minimum atomic E-state index is -0.0400. The van der Waals surface area contributed by atoms with E-state index in [0.29, 0.717) is 12.5 Å². The minimum absolute atomic E-state index is 0.0400. The second-order valence-corrected chi connectivity index (χ2v) is 7.63. The molecule has 0 saturated carbocycles. The van der Waals surface area contributed by atoms with Crippen LogP contribution in [0.1, 0.15) is 11.3 Å². The van der Waals surface area contributed by atoms with Crippen LogP contribution in [0.2, 0.25) is 0 Å². The van der Waals surface area contributed by atoms with Gasteiger partial charge in [-0.3, -0.25) is 10.00 Å². The first kappa shape index (κ1) is 14.4. The number of aliphatic hydroxyl groups is 1. The summed E-state index contributed by atoms with van der Waals surface area (Å²) in [7, 11) is 0. The van der Waals surface area contributed by atoms with Gasteiger partial charge in [0.15, 0.2) is 0 Å². The second-order valence-electron chi connectivity index (χ2n) is 6.46. The van der Waals surface area contributed by atoms with Gasteiger partial charge in [0.1, 0.15) is 0 Å². The number of thiophene rings is 1. The number of fused-ring (bicyclic) bond motifs is 1. The smallest absolute Gasteiger partial charge is 0.0749 e. The van der Waals surface area contributed by atoms with Crippen molar-refractivity contribution in [2.75, 3.05) is 32.9 Å². The fourth-order valence-electron chi connectivity index (χ4n) is 3.77. The maximum atomic E-state index is 9.85. The van der Waals surface area contributed by atoms with Gasteiger partial charge in [0.2, 0.25) is 0 Å². The highest BCUT2D eigenvalue weighted by Crippen LogP contribution is 2.41. The van der Waals surface area contributed by atoms with Gasteiger partial charge in [-0.15, -0.1) is 11.3 Å². The summed E-state index contributed by atoms with van der Waals surface area (Å²) in [5.41, 5.74) is 1.04. The molecule has 2 aliphatic heterocycles. The topological polar surface area (TPSA) is 61.4 Å². The van der Waals surface area contributed by atoms with E-state index in [2.05, 4.69) is 27.2 Å². The Morgan fingerprint density at radius 3 is 3.18 bits per heavy atom. The lowest BCUT2D eigenvalue weighted by Gasteiger charge is -2.36. The fraction of sp³-hybridized carbons (Fsp3) is 0.562. The van der Waals surface area contributed by atoms with E-state index in [0.717, 1.165) is 38.4 Å². The second kappa shape index (κ2) is 5.77. The van der Waals surface area contributed by atoms with E-state index in [9.17, 15) is 5.11 Å². The van der Waals surface area contributed by atoms with Crippen LogP contribution in [-0.2, 0) is 11.3 Å². The molecule has 2 aliphatic rings. The monoisotopic (exact) mass is 319 g/mol. The van der Waals surface area contributed by atoms with Gasteiger partial charge >= 0.3 is 0 Å². The Balaban J connectivity index is 1.46. The van der Waals surface area contributed by atoms with Gasteiger partial charge in [0.05, 0.1) is 23.8 Å². The van der Waals surface area contributed by atoms with Gasteiger partial charge in [0.25, 0.3) is 0 Å². The van der Waals surface area contributed by atoms with Crippen LogP contribution in [-0.4, -0.2) is 53.1 Å². The summed E-state index contributed by atoms with van der Waals surface area (Å²) in [6, 6.07) is 6.35. The third-order valence-electron chi connectivity index (χ3n) is 5.01. The standard InChI is InChI=1S/C16H21N3O2S/c20-10-16-9-19(7-12(16)4-6-21-11-16)8-13-1-2-15(22-13)14-3-5-17-18-14/h1-3,5,12,20H,4,6-11H2,(H,17,18)/t12-,16+/m0/s1. The van der Waals surface area contributed by atoms with Crippen LogP contribution in [0.25, 0.3) is 10.6 Å². The van der Waals surface area contributed by atoms with Crippen LogP contribution in [0.15, 0.2) is 24.4 Å². The maximum Gasteiger partial charge on any atom is 0.0749 e. The van der Waals surface area contributed by atoms with Gasteiger partial charge in [-0.1, -0.05) is 0 Å². The molecule has 4 heterocycles. The predicted molar refractivity (Wildman–Crippen MR) is 85.6 cm³/mol. The predicted octanol–water partition coefficient (Wildman–Crippen LogP) is 1.97. The summed E-state index contributed by atoms with van der Waals surface area (Å²) in [6.45, 7) is 4.74. The highest BCUT2D eigenvalue weighted by Gasteiger charge is 2.47. The van der Waals surface area contributed by atoms with Crippen molar-refractivity contribution in [2.24, 2.45) is 11.3 Å². The zero-order valence-corrected chi connectivity index (χ0v) is 13.3. The number of ether oxygens (including phenoxy) is 1. The van der Waals surface area contributed by atoms with Crippen molar-refractivity contribution in [1.82, 2.24) is 15.1 Å². The molecule has 0 aromatic carbocycles. The van der Waals surface area contributed by atoms with Crippen LogP contribution in [0.3, 0.4) is 0 Å². The number of hydrogen-bond donors (Lipinski definition) is 2. The van der Waals surface area contributed by atoms with Crippen LogP contribution >= 0.6 is 11.3 Å². The zero-order valence-electron chi connectivity index (χ0n) is 12.5. The largest absolute Gasteiger partial charge is 0.396 e. The number of likely N-dealkylation sites (tertiary alicyclic amines) is 1. The molecule has 2 fully saturated rings.